The van der Waals surface area contributed by atoms with Gasteiger partial charge in [0, 0.05) is 12.6 Å². The lowest BCUT2D eigenvalue weighted by atomic mass is 10.1. The Balaban J connectivity index is 2.10. The minimum absolute atomic E-state index is 0.0496. The summed E-state index contributed by atoms with van der Waals surface area (Å²) in [4.78, 5) is 29.1. The van der Waals surface area contributed by atoms with Crippen molar-refractivity contribution in [2.24, 2.45) is 0 Å². The number of sulfonamides is 1. The van der Waals surface area contributed by atoms with Crippen LogP contribution in [-0.2, 0) is 26.2 Å². The Morgan fingerprint density at radius 3 is 2.20 bits per heavy atom. The van der Waals surface area contributed by atoms with E-state index in [-0.39, 0.29) is 29.1 Å². The summed E-state index contributed by atoms with van der Waals surface area (Å²) >= 11 is 0. The highest BCUT2D eigenvalue weighted by molar-refractivity contribution is 7.92. The van der Waals surface area contributed by atoms with E-state index in [4.69, 9.17) is 4.74 Å². The molecule has 0 aliphatic carbocycles. The maximum atomic E-state index is 14.2. The van der Waals surface area contributed by atoms with Crippen LogP contribution in [0.3, 0.4) is 0 Å². The number of aryl methyl sites for hydroxylation is 2. The normalized spacial score (nSPS) is 12.7. The number of nitrogens with one attached hydrogen (secondary N) is 1. The van der Waals surface area contributed by atoms with E-state index in [0.29, 0.717) is 12.2 Å². The largest absolute Gasteiger partial charge is 0.495 e. The molecule has 3 rings (SSSR count). The number of amides is 2. The monoisotopic (exact) mass is 579 g/mol. The Morgan fingerprint density at radius 2 is 1.59 bits per heavy atom. The molecule has 0 radical (unpaired) electrons. The van der Waals surface area contributed by atoms with Gasteiger partial charge in [0.25, 0.3) is 10.0 Å². The van der Waals surface area contributed by atoms with E-state index in [9.17, 15) is 18.0 Å². The fourth-order valence-corrected chi connectivity index (χ4v) is 5.98. The smallest absolute Gasteiger partial charge is 0.264 e. The van der Waals surface area contributed by atoms with Gasteiger partial charge in [0.15, 0.2) is 0 Å². The molecule has 0 fully saturated rings. The number of anilines is 1. The predicted molar refractivity (Wildman–Crippen MR) is 162 cm³/mol. The van der Waals surface area contributed by atoms with E-state index in [2.05, 4.69) is 5.32 Å². The molecule has 0 aliphatic rings. The highest BCUT2D eigenvalue weighted by atomic mass is 32.2. The van der Waals surface area contributed by atoms with Gasteiger partial charge in [0.05, 0.1) is 17.7 Å². The Labute approximate surface area is 244 Å². The van der Waals surface area contributed by atoms with Crippen LogP contribution in [0.25, 0.3) is 0 Å². The molecule has 41 heavy (non-hydrogen) atoms. The van der Waals surface area contributed by atoms with Gasteiger partial charge < -0.3 is 15.0 Å². The van der Waals surface area contributed by atoms with Gasteiger partial charge in [-0.1, -0.05) is 73.5 Å². The second kappa shape index (κ2) is 14.2. The summed E-state index contributed by atoms with van der Waals surface area (Å²) in [5, 5.41) is 2.99. The molecule has 9 heteroatoms. The molecule has 1 N–H and O–H groups in total. The second-order valence-electron chi connectivity index (χ2n) is 10.2. The fourth-order valence-electron chi connectivity index (χ4n) is 4.55. The zero-order chi connectivity index (χ0) is 30.2. The summed E-state index contributed by atoms with van der Waals surface area (Å²) in [6.45, 7) is 9.19. The van der Waals surface area contributed by atoms with Crippen LogP contribution in [-0.4, -0.2) is 50.9 Å². The SMILES string of the molecule is CC[C@@H](C)NC(=O)[C@H](CC)N(Cc1cccc(C)c1)C(=O)CN(c1ccccc1OC)S(=O)(=O)c1ccc(C)cc1. The van der Waals surface area contributed by atoms with Crippen LogP contribution in [0, 0.1) is 13.8 Å². The molecule has 3 aromatic carbocycles. The molecule has 8 nitrogen and oxygen atoms in total. The summed E-state index contributed by atoms with van der Waals surface area (Å²) in [5.41, 5.74) is 3.01. The molecule has 0 saturated heterocycles. The molecule has 0 unspecified atom stereocenters. The van der Waals surface area contributed by atoms with Gasteiger partial charge in [0.1, 0.15) is 18.3 Å². The molecular formula is C32H41N3O5S. The van der Waals surface area contributed by atoms with E-state index in [1.165, 1.54) is 24.1 Å². The molecule has 0 aromatic heterocycles. The Kier molecular flexibility index (Phi) is 10.9. The van der Waals surface area contributed by atoms with E-state index in [1.54, 1.807) is 36.4 Å². The lowest BCUT2D eigenvalue weighted by Gasteiger charge is -2.34. The quantitative estimate of drug-likeness (QED) is 0.299. The number of hydrogen-bond acceptors (Lipinski definition) is 5. The summed E-state index contributed by atoms with van der Waals surface area (Å²) in [6, 6.07) is 20.0. The zero-order valence-electron chi connectivity index (χ0n) is 24.8. The van der Waals surface area contributed by atoms with E-state index >= 15 is 0 Å². The van der Waals surface area contributed by atoms with Crippen LogP contribution in [0.15, 0.2) is 77.7 Å². The van der Waals surface area contributed by atoms with Crippen LogP contribution in [0.1, 0.15) is 50.3 Å². The lowest BCUT2D eigenvalue weighted by Crippen LogP contribution is -2.53. The molecule has 0 heterocycles. The number of carbonyl (C=O) groups excluding carboxylic acids is 2. The van der Waals surface area contributed by atoms with Crippen molar-refractivity contribution < 1.29 is 22.7 Å². The van der Waals surface area contributed by atoms with Crippen molar-refractivity contribution in [3.63, 3.8) is 0 Å². The Bertz CT molecular complexity index is 1440. The number of rotatable bonds is 13. The zero-order valence-corrected chi connectivity index (χ0v) is 25.6. The number of ether oxygens (including phenoxy) is 1. The first-order chi connectivity index (χ1) is 19.5. The Hall–Kier alpha value is -3.85. The van der Waals surface area contributed by atoms with Gasteiger partial charge in [-0.05, 0) is 63.4 Å². The first-order valence-corrected chi connectivity index (χ1v) is 15.3. The van der Waals surface area contributed by atoms with Crippen LogP contribution in [0.2, 0.25) is 0 Å². The molecule has 0 bridgehead atoms. The van der Waals surface area contributed by atoms with E-state index in [0.717, 1.165) is 27.4 Å². The highest BCUT2D eigenvalue weighted by Gasteiger charge is 2.35. The van der Waals surface area contributed by atoms with Crippen molar-refractivity contribution >= 4 is 27.5 Å². The molecule has 2 atom stereocenters. The minimum atomic E-state index is -4.18. The summed E-state index contributed by atoms with van der Waals surface area (Å²) in [7, 11) is -2.73. The van der Waals surface area contributed by atoms with Crippen LogP contribution in [0.5, 0.6) is 5.75 Å². The third kappa shape index (κ3) is 7.88. The fraction of sp³-hybridized carbons (Fsp3) is 0.375. The molecule has 0 saturated carbocycles. The molecular weight excluding hydrogens is 538 g/mol. The Morgan fingerprint density at radius 1 is 0.902 bits per heavy atom. The van der Waals surface area contributed by atoms with Crippen molar-refractivity contribution in [2.45, 2.75) is 71.0 Å². The van der Waals surface area contributed by atoms with Crippen LogP contribution >= 0.6 is 0 Å². The van der Waals surface area contributed by atoms with Gasteiger partial charge in [-0.3, -0.25) is 13.9 Å². The predicted octanol–water partition coefficient (Wildman–Crippen LogP) is 5.23. The number of para-hydroxylation sites is 2. The first kappa shape index (κ1) is 31.7. The third-order valence-corrected chi connectivity index (χ3v) is 8.84. The van der Waals surface area contributed by atoms with E-state index in [1.807, 2.05) is 58.9 Å². The number of carbonyl (C=O) groups is 2. The summed E-state index contributed by atoms with van der Waals surface area (Å²) in [6.07, 6.45) is 1.10. The van der Waals surface area contributed by atoms with Gasteiger partial charge in [-0.25, -0.2) is 8.42 Å². The van der Waals surface area contributed by atoms with Gasteiger partial charge in [0.2, 0.25) is 11.8 Å². The second-order valence-corrected chi connectivity index (χ2v) is 12.1. The minimum Gasteiger partial charge on any atom is -0.495 e. The standard InChI is InChI=1S/C32H41N3O5S/c1-7-25(5)33-32(37)28(8-2)34(21-26-13-11-12-24(4)20-26)31(36)22-35(29-14-9-10-15-30(29)40-6)41(38,39)27-18-16-23(3)17-19-27/h9-20,25,28H,7-8,21-22H2,1-6H3,(H,33,37)/t25-,28+/m1/s1. The lowest BCUT2D eigenvalue weighted by molar-refractivity contribution is -0.140. The highest BCUT2D eigenvalue weighted by Crippen LogP contribution is 2.32. The molecule has 0 spiro atoms. The number of hydrogen-bond donors (Lipinski definition) is 1. The van der Waals surface area contributed by atoms with Crippen molar-refractivity contribution in [2.75, 3.05) is 18.0 Å². The summed E-state index contributed by atoms with van der Waals surface area (Å²) < 4.78 is 34.7. The van der Waals surface area contributed by atoms with Gasteiger partial charge >= 0.3 is 0 Å². The van der Waals surface area contributed by atoms with Crippen molar-refractivity contribution in [1.29, 1.82) is 0 Å². The maximum absolute atomic E-state index is 14.2. The van der Waals surface area contributed by atoms with Gasteiger partial charge in [-0.15, -0.1) is 0 Å². The van der Waals surface area contributed by atoms with Crippen LogP contribution in [0.4, 0.5) is 5.69 Å². The molecule has 3 aromatic rings. The topological polar surface area (TPSA) is 96.0 Å². The van der Waals surface area contributed by atoms with E-state index < -0.39 is 28.5 Å². The third-order valence-electron chi connectivity index (χ3n) is 7.06. The average molecular weight is 580 g/mol. The van der Waals surface area contributed by atoms with Gasteiger partial charge in [-0.2, -0.15) is 0 Å². The molecule has 0 aliphatic heterocycles. The number of nitrogens with zero attached hydrogens (tertiary/aromatic N) is 2. The average Bonchev–Trinajstić information content (AvgIpc) is 2.95. The summed E-state index contributed by atoms with van der Waals surface area (Å²) in [5.74, 6) is -0.463. The number of benzene rings is 3. The number of methoxy groups -OCH3 is 1. The molecule has 220 valence electrons. The first-order valence-electron chi connectivity index (χ1n) is 13.9. The maximum Gasteiger partial charge on any atom is 0.264 e. The molecule has 2 amide bonds. The van der Waals surface area contributed by atoms with Crippen molar-refractivity contribution in [3.8, 4) is 5.75 Å². The van der Waals surface area contributed by atoms with Crippen molar-refractivity contribution in [3.05, 3.63) is 89.5 Å². The van der Waals surface area contributed by atoms with Crippen LogP contribution < -0.4 is 14.4 Å². The van der Waals surface area contributed by atoms with Crippen molar-refractivity contribution in [1.82, 2.24) is 10.2 Å².